The molecule has 0 aromatic carbocycles. The molecule has 0 bridgehead atoms. The van der Waals surface area contributed by atoms with Gasteiger partial charge < -0.3 is 20.1 Å². The van der Waals surface area contributed by atoms with Crippen LogP contribution in [0.5, 0.6) is 0 Å². The van der Waals surface area contributed by atoms with Crippen molar-refractivity contribution >= 4 is 34.9 Å². The molecule has 254 valence electrons. The van der Waals surface area contributed by atoms with Gasteiger partial charge in [-0.3, -0.25) is 28.8 Å². The van der Waals surface area contributed by atoms with E-state index in [1.807, 2.05) is 62.3 Å². The minimum Gasteiger partial charge on any atom is -0.378 e. The van der Waals surface area contributed by atoms with E-state index in [-0.39, 0.29) is 86.6 Å². The summed E-state index contributed by atoms with van der Waals surface area (Å²) in [5, 5.41) is 5.46. The van der Waals surface area contributed by atoms with Crippen LogP contribution in [0.1, 0.15) is 127 Å². The molecule has 10 heteroatoms. The monoisotopic (exact) mass is 624 g/mol. The Bertz CT molecular complexity index is 936. The zero-order valence-corrected chi connectivity index (χ0v) is 29.0. The predicted molar refractivity (Wildman–Crippen MR) is 171 cm³/mol. The Balaban J connectivity index is 5.11. The maximum absolute atomic E-state index is 13.1. The first-order valence-electron chi connectivity index (χ1n) is 16.3. The molecular formula is C34H60N2O8. The lowest BCUT2D eigenvalue weighted by molar-refractivity contribution is -0.132. The fourth-order valence-electron chi connectivity index (χ4n) is 4.15. The van der Waals surface area contributed by atoms with E-state index in [0.717, 1.165) is 6.42 Å². The van der Waals surface area contributed by atoms with E-state index in [2.05, 4.69) is 10.6 Å². The van der Waals surface area contributed by atoms with E-state index in [4.69, 9.17) is 9.47 Å². The summed E-state index contributed by atoms with van der Waals surface area (Å²) in [6.07, 6.45) is 1.63. The van der Waals surface area contributed by atoms with Crippen molar-refractivity contribution in [3.8, 4) is 0 Å². The topological polar surface area (TPSA) is 145 Å². The Labute approximate surface area is 265 Å². The van der Waals surface area contributed by atoms with Crippen molar-refractivity contribution in [1.29, 1.82) is 0 Å². The van der Waals surface area contributed by atoms with Gasteiger partial charge in [-0.2, -0.15) is 0 Å². The first-order valence-corrected chi connectivity index (χ1v) is 16.3. The number of hydrogen-bond acceptors (Lipinski definition) is 8. The van der Waals surface area contributed by atoms with Gasteiger partial charge >= 0.3 is 0 Å². The number of amides is 2. The molecule has 3 atom stereocenters. The molecule has 0 aliphatic carbocycles. The van der Waals surface area contributed by atoms with Gasteiger partial charge in [0.15, 0.2) is 11.6 Å². The maximum Gasteiger partial charge on any atom is 0.221 e. The van der Waals surface area contributed by atoms with Crippen LogP contribution in [0.2, 0.25) is 0 Å². The summed E-state index contributed by atoms with van der Waals surface area (Å²) in [4.78, 5) is 76.1. The highest BCUT2D eigenvalue weighted by atomic mass is 16.5. The lowest BCUT2D eigenvalue weighted by Gasteiger charge is -2.21. The highest BCUT2D eigenvalue weighted by molar-refractivity contribution is 5.94. The van der Waals surface area contributed by atoms with E-state index in [1.54, 1.807) is 6.92 Å². The Hall–Kier alpha value is -2.46. The van der Waals surface area contributed by atoms with Crippen LogP contribution < -0.4 is 10.6 Å². The number of rotatable bonds is 24. The molecule has 0 radical (unpaired) electrons. The molecule has 0 heterocycles. The van der Waals surface area contributed by atoms with Gasteiger partial charge in [0, 0.05) is 49.9 Å². The molecule has 0 saturated heterocycles. The molecular weight excluding hydrogens is 564 g/mol. The second-order valence-electron chi connectivity index (χ2n) is 13.8. The number of carbonyl (C=O) groups excluding carboxylic acids is 6. The van der Waals surface area contributed by atoms with Crippen molar-refractivity contribution in [1.82, 2.24) is 10.6 Å². The smallest absolute Gasteiger partial charge is 0.221 e. The van der Waals surface area contributed by atoms with Gasteiger partial charge in [-0.25, -0.2) is 0 Å². The van der Waals surface area contributed by atoms with Crippen molar-refractivity contribution in [2.24, 2.45) is 17.3 Å². The van der Waals surface area contributed by atoms with Crippen molar-refractivity contribution in [2.45, 2.75) is 151 Å². The minimum absolute atomic E-state index is 0.00473. The van der Waals surface area contributed by atoms with Gasteiger partial charge in [0.1, 0.15) is 17.6 Å². The van der Waals surface area contributed by atoms with Gasteiger partial charge in [-0.1, -0.05) is 41.5 Å². The largest absolute Gasteiger partial charge is 0.378 e. The molecule has 0 aliphatic heterocycles. The zero-order valence-electron chi connectivity index (χ0n) is 29.0. The number of hydrogen-bond donors (Lipinski definition) is 2. The van der Waals surface area contributed by atoms with Gasteiger partial charge in [0.2, 0.25) is 11.8 Å². The number of nitrogens with one attached hydrogen (secondary N) is 2. The molecule has 0 aliphatic rings. The van der Waals surface area contributed by atoms with Crippen LogP contribution in [-0.4, -0.2) is 72.5 Å². The average Bonchev–Trinajstić information content (AvgIpc) is 2.92. The summed E-state index contributed by atoms with van der Waals surface area (Å²) in [5.41, 5.74) is -0.461. The molecule has 0 fully saturated rings. The quantitative estimate of drug-likeness (QED) is 0.154. The molecule has 2 N–H and O–H groups in total. The summed E-state index contributed by atoms with van der Waals surface area (Å²) < 4.78 is 11.1. The third kappa shape index (κ3) is 19.7. The van der Waals surface area contributed by atoms with Crippen LogP contribution in [0.15, 0.2) is 0 Å². The van der Waals surface area contributed by atoms with E-state index in [1.165, 1.54) is 0 Å². The summed E-state index contributed by atoms with van der Waals surface area (Å²) in [6, 6.07) is -1.65. The van der Waals surface area contributed by atoms with E-state index < -0.39 is 29.3 Å². The van der Waals surface area contributed by atoms with Crippen LogP contribution >= 0.6 is 0 Å². The van der Waals surface area contributed by atoms with E-state index >= 15 is 0 Å². The van der Waals surface area contributed by atoms with Gasteiger partial charge in [-0.05, 0) is 52.9 Å². The Morgan fingerprint density at radius 3 is 1.55 bits per heavy atom. The second kappa shape index (κ2) is 21.3. The SMILES string of the molecule is CC(C)CCC(NC(=O)CCC(=O)C(COC(C)C)NC(=O)CCC(=O)C(C)COC(C)C)C(=O)CCCC(=O)C(C)(C)C. The van der Waals surface area contributed by atoms with Crippen LogP contribution in [0.4, 0.5) is 0 Å². The molecule has 0 rings (SSSR count). The molecule has 10 nitrogen and oxygen atoms in total. The van der Waals surface area contributed by atoms with Crippen LogP contribution in [-0.2, 0) is 38.2 Å². The molecule has 0 saturated carbocycles. The number of carbonyl (C=O) groups is 6. The number of ether oxygens (including phenoxy) is 2. The van der Waals surface area contributed by atoms with Crippen LogP contribution in [0.3, 0.4) is 0 Å². The second-order valence-corrected chi connectivity index (χ2v) is 13.8. The third-order valence-electron chi connectivity index (χ3n) is 7.17. The van der Waals surface area contributed by atoms with Crippen molar-refractivity contribution < 1.29 is 38.2 Å². The molecule has 2 amide bonds. The van der Waals surface area contributed by atoms with Crippen LogP contribution in [0.25, 0.3) is 0 Å². The standard InChI is InChI=1S/C34H60N2O8/c1-22(2)14-15-26(29(38)12-11-13-31(40)34(8,9)10)35-32(41)19-17-30(39)27(21-44-24(5)6)36-33(42)18-16-28(37)25(7)20-43-23(3)4/h22-27H,11-21H2,1-10H3,(H,35,41)(H,36,42). The fourth-order valence-corrected chi connectivity index (χ4v) is 4.15. The number of ketones is 4. The predicted octanol–water partition coefficient (Wildman–Crippen LogP) is 4.93. The minimum atomic E-state index is -0.965. The van der Waals surface area contributed by atoms with Crippen LogP contribution in [0, 0.1) is 17.3 Å². The van der Waals surface area contributed by atoms with Crippen molar-refractivity contribution in [3.05, 3.63) is 0 Å². The fraction of sp³-hybridized carbons (Fsp3) is 0.824. The first-order chi connectivity index (χ1) is 20.3. The summed E-state index contributed by atoms with van der Waals surface area (Å²) in [5.74, 6) is -1.38. The first kappa shape index (κ1) is 41.5. The Morgan fingerprint density at radius 2 is 1.05 bits per heavy atom. The van der Waals surface area contributed by atoms with Gasteiger partial charge in [0.25, 0.3) is 0 Å². The van der Waals surface area contributed by atoms with Crippen molar-refractivity contribution in [2.75, 3.05) is 13.2 Å². The Kier molecular flexibility index (Phi) is 20.1. The normalized spacial score (nSPS) is 13.9. The lowest BCUT2D eigenvalue weighted by Crippen LogP contribution is -2.45. The molecule has 0 spiro atoms. The maximum atomic E-state index is 13.1. The molecule has 3 unspecified atom stereocenters. The van der Waals surface area contributed by atoms with E-state index in [0.29, 0.717) is 25.2 Å². The third-order valence-corrected chi connectivity index (χ3v) is 7.17. The highest BCUT2D eigenvalue weighted by Gasteiger charge is 2.26. The average molecular weight is 625 g/mol. The summed E-state index contributed by atoms with van der Waals surface area (Å²) in [7, 11) is 0. The summed E-state index contributed by atoms with van der Waals surface area (Å²) >= 11 is 0. The molecule has 0 aromatic rings. The molecule has 44 heavy (non-hydrogen) atoms. The van der Waals surface area contributed by atoms with E-state index in [9.17, 15) is 28.8 Å². The Morgan fingerprint density at radius 1 is 0.568 bits per heavy atom. The summed E-state index contributed by atoms with van der Waals surface area (Å²) in [6.45, 7) is 19.0. The highest BCUT2D eigenvalue weighted by Crippen LogP contribution is 2.19. The van der Waals surface area contributed by atoms with Gasteiger partial charge in [-0.15, -0.1) is 0 Å². The lowest BCUT2D eigenvalue weighted by atomic mass is 9.87. The number of Topliss-reactive ketones (excluding diaryl/α,β-unsaturated/α-hetero) is 4. The zero-order chi connectivity index (χ0) is 34.0. The van der Waals surface area contributed by atoms with Crippen molar-refractivity contribution in [3.63, 3.8) is 0 Å². The molecule has 0 aromatic heterocycles. The van der Waals surface area contributed by atoms with Gasteiger partial charge in [0.05, 0.1) is 31.5 Å².